The summed E-state index contributed by atoms with van der Waals surface area (Å²) in [6.07, 6.45) is 2.22. The standard InChI is InChI=1S/C19H20F2N2O/c20-16-7-5-14(6-8-16)12-23(17-9-10-17)13-19(24)22-11-15-3-1-2-4-18(15)21/h1-8,17H,9-13H2,(H,22,24)/p+1. The van der Waals surface area contributed by atoms with Crippen LogP contribution in [0.1, 0.15) is 24.0 Å². The Bertz CT molecular complexity index is 699. The Labute approximate surface area is 140 Å². The highest BCUT2D eigenvalue weighted by Gasteiger charge is 2.34. The van der Waals surface area contributed by atoms with E-state index >= 15 is 0 Å². The minimum Gasteiger partial charge on any atom is -0.347 e. The van der Waals surface area contributed by atoms with Gasteiger partial charge in [0, 0.05) is 30.5 Å². The number of benzene rings is 2. The summed E-state index contributed by atoms with van der Waals surface area (Å²) < 4.78 is 26.6. The Hall–Kier alpha value is -2.27. The number of halogens is 2. The molecule has 0 heterocycles. The van der Waals surface area contributed by atoms with Crippen LogP contribution in [-0.4, -0.2) is 18.5 Å². The molecular weight excluding hydrogens is 310 g/mol. The van der Waals surface area contributed by atoms with E-state index in [0.717, 1.165) is 18.4 Å². The summed E-state index contributed by atoms with van der Waals surface area (Å²) in [5.41, 5.74) is 1.50. The molecule has 1 unspecified atom stereocenters. The number of rotatable bonds is 7. The molecule has 2 aromatic carbocycles. The van der Waals surface area contributed by atoms with Gasteiger partial charge in [-0.25, -0.2) is 8.78 Å². The van der Waals surface area contributed by atoms with E-state index in [1.165, 1.54) is 23.1 Å². The van der Waals surface area contributed by atoms with Crippen LogP contribution in [0.25, 0.3) is 0 Å². The van der Waals surface area contributed by atoms with Gasteiger partial charge < -0.3 is 10.2 Å². The normalized spacial score (nSPS) is 15.1. The number of quaternary nitrogens is 1. The lowest BCUT2D eigenvalue weighted by molar-refractivity contribution is -0.917. The minimum absolute atomic E-state index is 0.0951. The first-order valence-corrected chi connectivity index (χ1v) is 8.21. The van der Waals surface area contributed by atoms with Crippen molar-refractivity contribution in [2.75, 3.05) is 6.54 Å². The van der Waals surface area contributed by atoms with Crippen LogP contribution in [0, 0.1) is 11.6 Å². The van der Waals surface area contributed by atoms with Crippen molar-refractivity contribution >= 4 is 5.91 Å². The van der Waals surface area contributed by atoms with Gasteiger partial charge in [-0.05, 0) is 18.2 Å². The zero-order valence-electron chi connectivity index (χ0n) is 13.4. The predicted molar refractivity (Wildman–Crippen MR) is 87.2 cm³/mol. The van der Waals surface area contributed by atoms with Crippen molar-refractivity contribution in [3.63, 3.8) is 0 Å². The largest absolute Gasteiger partial charge is 0.347 e. The number of carbonyl (C=O) groups is 1. The lowest BCUT2D eigenvalue weighted by Crippen LogP contribution is -3.13. The van der Waals surface area contributed by atoms with Crippen molar-refractivity contribution in [3.05, 3.63) is 71.3 Å². The third-order valence-electron chi connectivity index (χ3n) is 4.32. The van der Waals surface area contributed by atoms with E-state index in [1.54, 1.807) is 30.3 Å². The molecule has 0 aliphatic heterocycles. The molecular formula is C19H21F2N2O+. The highest BCUT2D eigenvalue weighted by molar-refractivity contribution is 5.76. The van der Waals surface area contributed by atoms with Gasteiger partial charge in [0.2, 0.25) is 0 Å². The van der Waals surface area contributed by atoms with Crippen molar-refractivity contribution in [2.24, 2.45) is 0 Å². The van der Waals surface area contributed by atoms with Gasteiger partial charge in [0.05, 0.1) is 6.04 Å². The number of carbonyl (C=O) groups excluding carboxylic acids is 1. The van der Waals surface area contributed by atoms with Gasteiger partial charge >= 0.3 is 0 Å². The van der Waals surface area contributed by atoms with Crippen LogP contribution >= 0.6 is 0 Å². The van der Waals surface area contributed by atoms with Crippen LogP contribution in [-0.2, 0) is 17.9 Å². The molecule has 0 saturated heterocycles. The molecule has 2 N–H and O–H groups in total. The summed E-state index contributed by atoms with van der Waals surface area (Å²) in [4.78, 5) is 13.4. The van der Waals surface area contributed by atoms with Crippen LogP contribution in [0.5, 0.6) is 0 Å². The van der Waals surface area contributed by atoms with Gasteiger partial charge in [0.25, 0.3) is 5.91 Å². The van der Waals surface area contributed by atoms with Crippen LogP contribution in [0.4, 0.5) is 8.78 Å². The van der Waals surface area contributed by atoms with E-state index < -0.39 is 0 Å². The van der Waals surface area contributed by atoms with Gasteiger partial charge in [-0.15, -0.1) is 0 Å². The highest BCUT2D eigenvalue weighted by Crippen LogP contribution is 2.16. The molecule has 0 radical (unpaired) electrons. The Morgan fingerprint density at radius 2 is 1.79 bits per heavy atom. The third-order valence-corrected chi connectivity index (χ3v) is 4.32. The maximum Gasteiger partial charge on any atom is 0.275 e. The Morgan fingerprint density at radius 1 is 1.08 bits per heavy atom. The average Bonchev–Trinajstić information content (AvgIpc) is 3.40. The second kappa shape index (κ2) is 7.53. The van der Waals surface area contributed by atoms with Crippen molar-refractivity contribution in [2.45, 2.75) is 32.0 Å². The van der Waals surface area contributed by atoms with Crippen molar-refractivity contribution < 1.29 is 18.5 Å². The summed E-state index contributed by atoms with van der Waals surface area (Å²) in [5, 5.41) is 2.79. The molecule has 1 saturated carbocycles. The van der Waals surface area contributed by atoms with Gasteiger partial charge in [-0.3, -0.25) is 4.79 Å². The Morgan fingerprint density at radius 3 is 2.46 bits per heavy atom. The van der Waals surface area contributed by atoms with Crippen LogP contribution in [0.15, 0.2) is 48.5 Å². The molecule has 1 atom stereocenters. The first-order valence-electron chi connectivity index (χ1n) is 8.21. The van der Waals surface area contributed by atoms with Crippen molar-refractivity contribution in [1.29, 1.82) is 0 Å². The van der Waals surface area contributed by atoms with E-state index in [9.17, 15) is 13.6 Å². The molecule has 5 heteroatoms. The summed E-state index contributed by atoms with van der Waals surface area (Å²) in [5.74, 6) is -0.660. The molecule has 24 heavy (non-hydrogen) atoms. The zero-order chi connectivity index (χ0) is 16.9. The molecule has 0 spiro atoms. The lowest BCUT2D eigenvalue weighted by Gasteiger charge is -2.19. The van der Waals surface area contributed by atoms with Crippen molar-refractivity contribution in [1.82, 2.24) is 5.32 Å². The molecule has 1 aliphatic carbocycles. The second-order valence-electron chi connectivity index (χ2n) is 6.28. The smallest absolute Gasteiger partial charge is 0.275 e. The van der Waals surface area contributed by atoms with E-state index in [1.807, 2.05) is 0 Å². The minimum atomic E-state index is -0.310. The van der Waals surface area contributed by atoms with E-state index in [4.69, 9.17) is 0 Å². The van der Waals surface area contributed by atoms with Crippen LogP contribution in [0.2, 0.25) is 0 Å². The zero-order valence-corrected chi connectivity index (χ0v) is 13.4. The molecule has 0 bridgehead atoms. The van der Waals surface area contributed by atoms with Crippen LogP contribution < -0.4 is 10.2 Å². The molecule has 3 nitrogen and oxygen atoms in total. The Balaban J connectivity index is 1.54. The van der Waals surface area contributed by atoms with Gasteiger partial charge in [0.15, 0.2) is 6.54 Å². The van der Waals surface area contributed by atoms with Crippen LogP contribution in [0.3, 0.4) is 0 Å². The lowest BCUT2D eigenvalue weighted by atomic mass is 10.2. The number of hydrogen-bond acceptors (Lipinski definition) is 1. The fraction of sp³-hybridized carbons (Fsp3) is 0.316. The first-order chi connectivity index (χ1) is 11.6. The number of hydrogen-bond donors (Lipinski definition) is 2. The first kappa shape index (κ1) is 16.6. The summed E-state index contributed by atoms with van der Waals surface area (Å²) in [6.45, 7) is 1.23. The number of amides is 1. The predicted octanol–water partition coefficient (Wildman–Crippen LogP) is 1.83. The molecule has 126 valence electrons. The second-order valence-corrected chi connectivity index (χ2v) is 6.28. The van der Waals surface area contributed by atoms with E-state index in [2.05, 4.69) is 5.32 Å². The van der Waals surface area contributed by atoms with Gasteiger partial charge in [0.1, 0.15) is 18.2 Å². The number of nitrogens with one attached hydrogen (secondary N) is 2. The van der Waals surface area contributed by atoms with Gasteiger partial charge in [-0.2, -0.15) is 0 Å². The maximum atomic E-state index is 13.6. The topological polar surface area (TPSA) is 33.5 Å². The Kier molecular flexibility index (Phi) is 5.20. The molecule has 0 aromatic heterocycles. The summed E-state index contributed by atoms with van der Waals surface area (Å²) in [6, 6.07) is 13.3. The van der Waals surface area contributed by atoms with E-state index in [-0.39, 0.29) is 24.1 Å². The average molecular weight is 331 g/mol. The third kappa shape index (κ3) is 4.61. The summed E-state index contributed by atoms with van der Waals surface area (Å²) >= 11 is 0. The maximum absolute atomic E-state index is 13.6. The molecule has 1 aliphatic rings. The van der Waals surface area contributed by atoms with Gasteiger partial charge in [-0.1, -0.05) is 30.3 Å². The monoisotopic (exact) mass is 331 g/mol. The molecule has 1 fully saturated rings. The molecule has 2 aromatic rings. The highest BCUT2D eigenvalue weighted by atomic mass is 19.1. The SMILES string of the molecule is O=C(C[NH+](Cc1ccc(F)cc1)C1CC1)NCc1ccccc1F. The molecule has 1 amide bonds. The summed E-state index contributed by atoms with van der Waals surface area (Å²) in [7, 11) is 0. The molecule has 3 rings (SSSR count). The van der Waals surface area contributed by atoms with E-state index in [0.29, 0.717) is 24.7 Å². The fourth-order valence-electron chi connectivity index (χ4n) is 2.81. The van der Waals surface area contributed by atoms with Crippen molar-refractivity contribution in [3.8, 4) is 0 Å². The fourth-order valence-corrected chi connectivity index (χ4v) is 2.81. The quantitative estimate of drug-likeness (QED) is 0.797.